The standard InChI is InChI=1S/C13H22O/c1-2-10-4-3-5-12(8-10)13(14)9-11-6-7-11/h10-12H,2-9H2,1H3. The van der Waals surface area contributed by atoms with Gasteiger partial charge in [-0.2, -0.15) is 0 Å². The molecule has 2 aliphatic carbocycles. The molecule has 2 unspecified atom stereocenters. The van der Waals surface area contributed by atoms with E-state index in [0.717, 1.165) is 18.3 Å². The van der Waals surface area contributed by atoms with Crippen LogP contribution >= 0.6 is 0 Å². The van der Waals surface area contributed by atoms with Gasteiger partial charge in [-0.1, -0.05) is 26.2 Å². The monoisotopic (exact) mass is 194 g/mol. The summed E-state index contributed by atoms with van der Waals surface area (Å²) in [6.45, 7) is 2.26. The van der Waals surface area contributed by atoms with E-state index in [2.05, 4.69) is 6.92 Å². The number of hydrogen-bond acceptors (Lipinski definition) is 1. The van der Waals surface area contributed by atoms with Crippen LogP contribution in [0.15, 0.2) is 0 Å². The molecule has 0 heterocycles. The lowest BCUT2D eigenvalue weighted by atomic mass is 9.77. The topological polar surface area (TPSA) is 17.1 Å². The molecule has 0 aromatic carbocycles. The van der Waals surface area contributed by atoms with Crippen molar-refractivity contribution in [2.24, 2.45) is 17.8 Å². The Morgan fingerprint density at radius 3 is 2.57 bits per heavy atom. The molecule has 2 fully saturated rings. The molecule has 0 radical (unpaired) electrons. The second-order valence-electron chi connectivity index (χ2n) is 5.25. The summed E-state index contributed by atoms with van der Waals surface area (Å²) in [5.74, 6) is 2.65. The SMILES string of the molecule is CCC1CCCC(C(=O)CC2CC2)C1. The zero-order chi connectivity index (χ0) is 9.97. The quantitative estimate of drug-likeness (QED) is 0.668. The van der Waals surface area contributed by atoms with E-state index in [1.54, 1.807) is 0 Å². The normalized spacial score (nSPS) is 32.9. The molecule has 0 bridgehead atoms. The van der Waals surface area contributed by atoms with Gasteiger partial charge in [-0.05, 0) is 37.5 Å². The van der Waals surface area contributed by atoms with Crippen molar-refractivity contribution in [1.82, 2.24) is 0 Å². The summed E-state index contributed by atoms with van der Waals surface area (Å²) in [5.41, 5.74) is 0. The van der Waals surface area contributed by atoms with Crippen molar-refractivity contribution in [2.45, 2.75) is 58.3 Å². The predicted molar refractivity (Wildman–Crippen MR) is 58.1 cm³/mol. The highest BCUT2D eigenvalue weighted by Gasteiger charge is 2.30. The van der Waals surface area contributed by atoms with Crippen LogP contribution in [0, 0.1) is 17.8 Å². The van der Waals surface area contributed by atoms with Gasteiger partial charge in [0.15, 0.2) is 0 Å². The lowest BCUT2D eigenvalue weighted by Crippen LogP contribution is -2.22. The molecule has 1 heteroatoms. The van der Waals surface area contributed by atoms with Gasteiger partial charge in [-0.25, -0.2) is 0 Å². The molecular formula is C13H22O. The maximum Gasteiger partial charge on any atom is 0.136 e. The van der Waals surface area contributed by atoms with Gasteiger partial charge in [0.2, 0.25) is 0 Å². The minimum absolute atomic E-state index is 0.439. The molecule has 2 saturated carbocycles. The van der Waals surface area contributed by atoms with Gasteiger partial charge < -0.3 is 0 Å². The molecule has 2 rings (SSSR count). The highest BCUT2D eigenvalue weighted by Crippen LogP contribution is 2.37. The van der Waals surface area contributed by atoms with Gasteiger partial charge in [-0.15, -0.1) is 0 Å². The Labute approximate surface area is 87.3 Å². The van der Waals surface area contributed by atoms with Crippen LogP contribution < -0.4 is 0 Å². The first-order chi connectivity index (χ1) is 6.79. The van der Waals surface area contributed by atoms with Crippen molar-refractivity contribution in [3.8, 4) is 0 Å². The van der Waals surface area contributed by atoms with Gasteiger partial charge in [0.1, 0.15) is 5.78 Å². The maximum absolute atomic E-state index is 11.9. The molecule has 2 atom stereocenters. The number of ketones is 1. The van der Waals surface area contributed by atoms with Crippen molar-refractivity contribution < 1.29 is 4.79 Å². The third-order valence-electron chi connectivity index (χ3n) is 4.00. The first-order valence-electron chi connectivity index (χ1n) is 6.32. The van der Waals surface area contributed by atoms with E-state index in [9.17, 15) is 4.79 Å². The summed E-state index contributed by atoms with van der Waals surface area (Å²) in [7, 11) is 0. The molecule has 80 valence electrons. The highest BCUT2D eigenvalue weighted by atomic mass is 16.1. The molecule has 0 aromatic heterocycles. The van der Waals surface area contributed by atoms with Gasteiger partial charge in [0.05, 0.1) is 0 Å². The number of Topliss-reactive ketones (excluding diaryl/α,β-unsaturated/α-hetero) is 1. The molecule has 2 aliphatic rings. The second-order valence-corrected chi connectivity index (χ2v) is 5.25. The summed E-state index contributed by atoms with van der Waals surface area (Å²) < 4.78 is 0. The Hall–Kier alpha value is -0.330. The molecular weight excluding hydrogens is 172 g/mol. The van der Waals surface area contributed by atoms with Crippen LogP contribution in [0.2, 0.25) is 0 Å². The number of carbonyl (C=O) groups excluding carboxylic acids is 1. The Kier molecular flexibility index (Phi) is 3.25. The van der Waals surface area contributed by atoms with E-state index >= 15 is 0 Å². The minimum atomic E-state index is 0.439. The number of carbonyl (C=O) groups is 1. The predicted octanol–water partition coefficient (Wildman–Crippen LogP) is 3.57. The molecule has 1 nitrogen and oxygen atoms in total. The second kappa shape index (κ2) is 4.46. The van der Waals surface area contributed by atoms with Crippen LogP contribution in [0.1, 0.15) is 58.3 Å². The van der Waals surface area contributed by atoms with Crippen LogP contribution in [0.3, 0.4) is 0 Å². The Morgan fingerprint density at radius 2 is 1.93 bits per heavy atom. The minimum Gasteiger partial charge on any atom is -0.299 e. The molecule has 14 heavy (non-hydrogen) atoms. The van der Waals surface area contributed by atoms with E-state index in [1.807, 2.05) is 0 Å². The molecule has 0 spiro atoms. The van der Waals surface area contributed by atoms with Gasteiger partial charge in [-0.3, -0.25) is 4.79 Å². The maximum atomic E-state index is 11.9. The summed E-state index contributed by atoms with van der Waals surface area (Å²) in [6, 6.07) is 0. The van der Waals surface area contributed by atoms with Crippen LogP contribution in [0.4, 0.5) is 0 Å². The Morgan fingerprint density at radius 1 is 1.14 bits per heavy atom. The smallest absolute Gasteiger partial charge is 0.136 e. The lowest BCUT2D eigenvalue weighted by Gasteiger charge is -2.27. The van der Waals surface area contributed by atoms with E-state index in [-0.39, 0.29) is 0 Å². The third-order valence-corrected chi connectivity index (χ3v) is 4.00. The van der Waals surface area contributed by atoms with E-state index in [1.165, 1.54) is 44.9 Å². The van der Waals surface area contributed by atoms with Crippen molar-refractivity contribution in [3.05, 3.63) is 0 Å². The molecule has 0 aromatic rings. The van der Waals surface area contributed by atoms with E-state index in [0.29, 0.717) is 11.7 Å². The Balaban J connectivity index is 1.79. The summed E-state index contributed by atoms with van der Waals surface area (Å²) >= 11 is 0. The number of hydrogen-bond donors (Lipinski definition) is 0. The summed E-state index contributed by atoms with van der Waals surface area (Å²) in [5, 5.41) is 0. The van der Waals surface area contributed by atoms with Crippen molar-refractivity contribution in [2.75, 3.05) is 0 Å². The van der Waals surface area contributed by atoms with Gasteiger partial charge >= 0.3 is 0 Å². The van der Waals surface area contributed by atoms with Crippen LogP contribution in [-0.4, -0.2) is 5.78 Å². The van der Waals surface area contributed by atoms with Gasteiger partial charge in [0, 0.05) is 12.3 Å². The first-order valence-corrected chi connectivity index (χ1v) is 6.32. The molecule has 0 aliphatic heterocycles. The average Bonchev–Trinajstić information content (AvgIpc) is 3.02. The summed E-state index contributed by atoms with van der Waals surface area (Å²) in [4.78, 5) is 11.9. The van der Waals surface area contributed by atoms with E-state index in [4.69, 9.17) is 0 Å². The highest BCUT2D eigenvalue weighted by molar-refractivity contribution is 5.81. The third kappa shape index (κ3) is 2.59. The zero-order valence-electron chi connectivity index (χ0n) is 9.30. The van der Waals surface area contributed by atoms with Gasteiger partial charge in [0.25, 0.3) is 0 Å². The van der Waals surface area contributed by atoms with Crippen LogP contribution in [0.5, 0.6) is 0 Å². The fourth-order valence-electron chi connectivity index (χ4n) is 2.73. The largest absolute Gasteiger partial charge is 0.299 e. The fraction of sp³-hybridized carbons (Fsp3) is 0.923. The average molecular weight is 194 g/mol. The van der Waals surface area contributed by atoms with Crippen molar-refractivity contribution in [1.29, 1.82) is 0 Å². The zero-order valence-corrected chi connectivity index (χ0v) is 9.30. The number of rotatable bonds is 4. The van der Waals surface area contributed by atoms with Crippen molar-refractivity contribution >= 4 is 5.78 Å². The van der Waals surface area contributed by atoms with Crippen LogP contribution in [-0.2, 0) is 4.79 Å². The van der Waals surface area contributed by atoms with Crippen LogP contribution in [0.25, 0.3) is 0 Å². The molecule has 0 saturated heterocycles. The lowest BCUT2D eigenvalue weighted by molar-refractivity contribution is -0.124. The summed E-state index contributed by atoms with van der Waals surface area (Å²) in [6.07, 6.45) is 9.84. The van der Waals surface area contributed by atoms with Crippen molar-refractivity contribution in [3.63, 3.8) is 0 Å². The first kappa shape index (κ1) is 10.2. The molecule has 0 amide bonds. The molecule has 0 N–H and O–H groups in total. The Bertz CT molecular complexity index is 205. The van der Waals surface area contributed by atoms with E-state index < -0.39 is 0 Å². The fourth-order valence-corrected chi connectivity index (χ4v) is 2.73.